The van der Waals surface area contributed by atoms with Crippen molar-refractivity contribution >= 4 is 29.5 Å². The lowest BCUT2D eigenvalue weighted by Crippen LogP contribution is -2.35. The van der Waals surface area contributed by atoms with Crippen molar-refractivity contribution in [2.75, 3.05) is 26.4 Å². The third kappa shape index (κ3) is 10.3. The Morgan fingerprint density at radius 2 is 1.15 bits per heavy atom. The van der Waals surface area contributed by atoms with Crippen LogP contribution in [-0.2, 0) is 70.0 Å². The largest absolute Gasteiger partial charge is 0.461 e. The lowest BCUT2D eigenvalue weighted by atomic mass is 9.80. The van der Waals surface area contributed by atoms with Gasteiger partial charge in [0.25, 0.3) is 5.78 Å². The van der Waals surface area contributed by atoms with Crippen LogP contribution in [0.3, 0.4) is 0 Å². The van der Waals surface area contributed by atoms with Crippen LogP contribution in [-0.4, -0.2) is 75.4 Å². The van der Waals surface area contributed by atoms with Crippen molar-refractivity contribution in [2.24, 2.45) is 25.7 Å². The van der Waals surface area contributed by atoms with Crippen LogP contribution in [0.15, 0.2) is 54.6 Å². The summed E-state index contributed by atoms with van der Waals surface area (Å²) >= 11 is 0. The molecule has 1 atom stereocenters. The molecule has 0 saturated heterocycles. The number of fused-ring (bicyclic) bond motifs is 7. The fraction of sp³-hybridized carbons (Fsp3) is 0.408. The van der Waals surface area contributed by atoms with Gasteiger partial charge in [0, 0.05) is 41.9 Å². The molecule has 13 heteroatoms. The Kier molecular flexibility index (Phi) is 15.9. The molecule has 13 nitrogen and oxygen atoms in total. The van der Waals surface area contributed by atoms with Crippen LogP contribution in [0.2, 0.25) is 0 Å². The minimum atomic E-state index is -0.906. The maximum atomic E-state index is 12.2. The molecule has 62 heavy (non-hydrogen) atoms. The molecular formula is C49H59N5O8. The van der Waals surface area contributed by atoms with Gasteiger partial charge in [0.05, 0.1) is 37.1 Å². The number of hydrogen-bond donors (Lipinski definition) is 1. The van der Waals surface area contributed by atoms with Gasteiger partial charge in [0.2, 0.25) is 0 Å². The van der Waals surface area contributed by atoms with Gasteiger partial charge in [-0.2, -0.15) is 10.2 Å². The predicted molar refractivity (Wildman–Crippen MR) is 237 cm³/mol. The molecule has 3 aliphatic rings. The van der Waals surface area contributed by atoms with Gasteiger partial charge < -0.3 is 19.9 Å². The summed E-state index contributed by atoms with van der Waals surface area (Å²) in [5.41, 5.74) is 20.0. The highest BCUT2D eigenvalue weighted by molar-refractivity contribution is 6.39. The van der Waals surface area contributed by atoms with Gasteiger partial charge >= 0.3 is 17.9 Å². The van der Waals surface area contributed by atoms with Gasteiger partial charge in [-0.1, -0.05) is 78.2 Å². The summed E-state index contributed by atoms with van der Waals surface area (Å²) in [6.07, 6.45) is 4.59. The Bertz CT molecular complexity index is 2480. The van der Waals surface area contributed by atoms with Gasteiger partial charge in [-0.3, -0.25) is 19.0 Å². The predicted octanol–water partition coefficient (Wildman–Crippen LogP) is 7.18. The van der Waals surface area contributed by atoms with Gasteiger partial charge in [-0.15, -0.1) is 0 Å². The van der Waals surface area contributed by atoms with E-state index in [1.165, 1.54) is 27.8 Å². The smallest absolute Gasteiger partial charge is 0.375 e. The van der Waals surface area contributed by atoms with Crippen LogP contribution in [0.25, 0.3) is 22.5 Å². The van der Waals surface area contributed by atoms with E-state index >= 15 is 0 Å². The number of Topliss-reactive ketones (excluding diaryl/α,β-unsaturated/α-hetero) is 2. The highest BCUT2D eigenvalue weighted by Gasteiger charge is 2.37. The first kappa shape index (κ1) is 46.8. The number of esters is 3. The zero-order valence-corrected chi connectivity index (χ0v) is 37.5. The average molecular weight is 846 g/mol. The SMILES string of the molecule is CCN.CCOC(=O)C(=O)C1CCc2cc(C)ccc2C1=O.CCOC(=O)c1c2c(nn1C)-c1ccc(C)cc1CC2.CCOC(=O)c1nn(C)c2c1CCc1cc(C)ccc1-2. The van der Waals surface area contributed by atoms with Crippen LogP contribution in [0.1, 0.15) is 110 Å². The molecule has 328 valence electrons. The molecule has 0 radical (unpaired) electrons. The van der Waals surface area contributed by atoms with Crippen LogP contribution < -0.4 is 5.73 Å². The van der Waals surface area contributed by atoms with E-state index in [9.17, 15) is 24.0 Å². The Balaban J connectivity index is 0.000000170. The zero-order chi connectivity index (χ0) is 45.2. The van der Waals surface area contributed by atoms with Crippen molar-refractivity contribution in [1.29, 1.82) is 0 Å². The van der Waals surface area contributed by atoms with Crippen LogP contribution in [0.5, 0.6) is 0 Å². The third-order valence-electron chi connectivity index (χ3n) is 10.9. The summed E-state index contributed by atoms with van der Waals surface area (Å²) in [6, 6.07) is 18.4. The van der Waals surface area contributed by atoms with Crippen molar-refractivity contribution in [3.63, 3.8) is 0 Å². The summed E-state index contributed by atoms with van der Waals surface area (Å²) < 4.78 is 18.4. The van der Waals surface area contributed by atoms with Gasteiger partial charge in [0.1, 0.15) is 5.69 Å². The van der Waals surface area contributed by atoms with E-state index in [1.54, 1.807) is 29.4 Å². The zero-order valence-electron chi connectivity index (χ0n) is 37.5. The first-order chi connectivity index (χ1) is 29.7. The lowest BCUT2D eigenvalue weighted by Gasteiger charge is -2.21. The van der Waals surface area contributed by atoms with E-state index in [0.717, 1.165) is 71.4 Å². The van der Waals surface area contributed by atoms with Crippen LogP contribution >= 0.6 is 0 Å². The Hall–Kier alpha value is -6.21. The number of benzene rings is 3. The lowest BCUT2D eigenvalue weighted by molar-refractivity contribution is -0.154. The second-order valence-corrected chi connectivity index (χ2v) is 15.5. The number of rotatable bonds is 7. The molecule has 3 aromatic carbocycles. The fourth-order valence-corrected chi connectivity index (χ4v) is 8.20. The van der Waals surface area contributed by atoms with E-state index in [2.05, 4.69) is 65.2 Å². The van der Waals surface area contributed by atoms with Crippen molar-refractivity contribution in [1.82, 2.24) is 19.6 Å². The van der Waals surface area contributed by atoms with E-state index in [4.69, 9.17) is 15.2 Å². The van der Waals surface area contributed by atoms with Gasteiger partial charge in [-0.25, -0.2) is 14.4 Å². The Morgan fingerprint density at radius 3 is 1.73 bits per heavy atom. The molecule has 5 aromatic rings. The number of carbonyl (C=O) groups excluding carboxylic acids is 5. The number of hydrogen-bond acceptors (Lipinski definition) is 11. The highest BCUT2D eigenvalue weighted by Crippen LogP contribution is 2.37. The third-order valence-corrected chi connectivity index (χ3v) is 10.9. The van der Waals surface area contributed by atoms with E-state index < -0.39 is 17.7 Å². The first-order valence-corrected chi connectivity index (χ1v) is 21.4. The molecule has 0 fully saturated rings. The number of nitrogens with zero attached hydrogens (tertiary/aromatic N) is 4. The van der Waals surface area contributed by atoms with E-state index in [0.29, 0.717) is 43.0 Å². The van der Waals surface area contributed by atoms with E-state index in [1.807, 2.05) is 46.9 Å². The van der Waals surface area contributed by atoms with Crippen LogP contribution in [0.4, 0.5) is 0 Å². The Labute approximate surface area is 363 Å². The molecule has 2 N–H and O–H groups in total. The standard InChI is InChI=1S/2C16H18N2O2.C15H16O4.C2H7N/c1-4-20-16(19)14-13-8-6-11-9-10(2)5-7-12(11)15(13)18(3)17-14;1-4-20-16(19)15-13-8-6-11-9-10(2)5-7-12(11)14(13)17-18(15)3;1-3-19-15(18)14(17)12-7-5-10-8-9(2)4-6-11(10)13(12)16;1-2-3/h2*5,7,9H,4,6,8H2,1-3H3;4,6,8,12H,3,5,7H2,1-2H3;2-3H2,1H3. The molecule has 2 heterocycles. The first-order valence-electron chi connectivity index (χ1n) is 21.4. The Morgan fingerprint density at radius 1 is 0.645 bits per heavy atom. The molecule has 0 bridgehead atoms. The highest BCUT2D eigenvalue weighted by atomic mass is 16.5. The number of nitrogens with two attached hydrogens (primary N) is 1. The van der Waals surface area contributed by atoms with Crippen molar-refractivity contribution < 1.29 is 38.2 Å². The topological polar surface area (TPSA) is 175 Å². The minimum Gasteiger partial charge on any atom is -0.461 e. The number of ether oxygens (including phenoxy) is 3. The van der Waals surface area contributed by atoms with E-state index in [-0.39, 0.29) is 24.3 Å². The normalized spacial score (nSPS) is 14.0. The average Bonchev–Trinajstić information content (AvgIpc) is 3.77. The number of carbonyl (C=O) groups is 5. The van der Waals surface area contributed by atoms with Gasteiger partial charge in [-0.05, 0) is 103 Å². The monoisotopic (exact) mass is 845 g/mol. The molecular weight excluding hydrogens is 787 g/mol. The maximum absolute atomic E-state index is 12.2. The second kappa shape index (κ2) is 21.0. The van der Waals surface area contributed by atoms with Crippen LogP contribution in [0, 0.1) is 26.7 Å². The summed E-state index contributed by atoms with van der Waals surface area (Å²) in [7, 11) is 3.69. The molecule has 2 aromatic heterocycles. The summed E-state index contributed by atoms with van der Waals surface area (Å²) in [4.78, 5) is 59.6. The summed E-state index contributed by atoms with van der Waals surface area (Å²) in [6.45, 7) is 15.0. The number of ketones is 2. The number of aryl methyl sites for hydroxylation is 8. The molecule has 0 aliphatic heterocycles. The molecule has 0 saturated carbocycles. The summed E-state index contributed by atoms with van der Waals surface area (Å²) in [5, 5.41) is 8.92. The molecule has 8 rings (SSSR count). The van der Waals surface area contributed by atoms with Crippen molar-refractivity contribution in [3.8, 4) is 22.5 Å². The maximum Gasteiger partial charge on any atom is 0.375 e. The summed E-state index contributed by atoms with van der Waals surface area (Å²) in [5.74, 6) is -3.37. The minimum absolute atomic E-state index is 0.140. The molecule has 3 aliphatic carbocycles. The quantitative estimate of drug-likeness (QED) is 0.0761. The van der Waals surface area contributed by atoms with Crippen molar-refractivity contribution in [3.05, 3.63) is 116 Å². The van der Waals surface area contributed by atoms with Gasteiger partial charge in [0.15, 0.2) is 11.5 Å². The number of aromatic nitrogens is 4. The second-order valence-electron chi connectivity index (χ2n) is 15.5. The molecule has 1 unspecified atom stereocenters. The fourth-order valence-electron chi connectivity index (χ4n) is 8.20. The molecule has 0 amide bonds. The molecule has 0 spiro atoms. The van der Waals surface area contributed by atoms with Crippen molar-refractivity contribution in [2.45, 2.75) is 87.0 Å².